The molecule has 2 aromatic heterocycles. The maximum Gasteiger partial charge on any atom is 0.230 e. The summed E-state index contributed by atoms with van der Waals surface area (Å²) in [4.78, 5) is 28.0. The monoisotopic (exact) mass is 438 g/mol. The molecule has 0 saturated heterocycles. The van der Waals surface area contributed by atoms with Crippen LogP contribution in [0.25, 0.3) is 6.08 Å². The van der Waals surface area contributed by atoms with Crippen LogP contribution in [-0.2, 0) is 16.2 Å². The van der Waals surface area contributed by atoms with Gasteiger partial charge < -0.3 is 9.26 Å². The molecular weight excluding hydrogens is 412 g/mol. The third-order valence-electron chi connectivity index (χ3n) is 4.87. The third kappa shape index (κ3) is 5.92. The smallest absolute Gasteiger partial charge is 0.230 e. The zero-order valence-electron chi connectivity index (χ0n) is 17.9. The first-order valence-electron chi connectivity index (χ1n) is 10.2. The van der Waals surface area contributed by atoms with Gasteiger partial charge in [-0.3, -0.25) is 14.5 Å². The zero-order valence-corrected chi connectivity index (χ0v) is 18.7. The number of amides is 2. The molecule has 1 atom stereocenters. The van der Waals surface area contributed by atoms with E-state index in [1.165, 1.54) is 23.0 Å². The molecule has 1 aromatic carbocycles. The maximum atomic E-state index is 12.7. The first-order chi connectivity index (χ1) is 15.0. The minimum atomic E-state index is -0.311. The number of aromatic nitrogens is 1. The van der Waals surface area contributed by atoms with Crippen molar-refractivity contribution in [3.05, 3.63) is 75.8 Å². The Morgan fingerprint density at radius 2 is 1.97 bits per heavy atom. The highest BCUT2D eigenvalue weighted by Gasteiger charge is 2.25. The van der Waals surface area contributed by atoms with Crippen molar-refractivity contribution in [1.82, 2.24) is 10.1 Å². The van der Waals surface area contributed by atoms with E-state index in [4.69, 9.17) is 9.26 Å². The predicted molar refractivity (Wildman–Crippen MR) is 121 cm³/mol. The normalized spacial score (nSPS) is 12.1. The Morgan fingerprint density at radius 3 is 2.58 bits per heavy atom. The fourth-order valence-corrected chi connectivity index (χ4v) is 4.23. The molecule has 0 saturated carbocycles. The van der Waals surface area contributed by atoms with Gasteiger partial charge in [-0.25, -0.2) is 0 Å². The summed E-state index contributed by atoms with van der Waals surface area (Å²) >= 11 is 1.70. The third-order valence-corrected chi connectivity index (χ3v) is 5.89. The number of thiophene rings is 1. The van der Waals surface area contributed by atoms with Crippen molar-refractivity contribution in [2.75, 3.05) is 6.54 Å². The SMILES string of the molecule is C/C=C/c1ccc(COc2ccc(C(CC(=O)N(CC)C(C)=O)c3ccon3)cc2)s1. The molecule has 0 radical (unpaired) electrons. The van der Waals surface area contributed by atoms with Crippen LogP contribution in [0, 0.1) is 0 Å². The number of carbonyl (C=O) groups is 2. The quantitative estimate of drug-likeness (QED) is 0.455. The fraction of sp³-hybridized carbons (Fsp3) is 0.292. The average Bonchev–Trinajstić information content (AvgIpc) is 3.44. The lowest BCUT2D eigenvalue weighted by atomic mass is 9.92. The van der Waals surface area contributed by atoms with Gasteiger partial charge in [-0.05, 0) is 49.8 Å². The number of hydrogen-bond acceptors (Lipinski definition) is 6. The van der Waals surface area contributed by atoms with Gasteiger partial charge >= 0.3 is 0 Å². The molecule has 0 aliphatic heterocycles. The number of allylic oxidation sites excluding steroid dienone is 1. The summed E-state index contributed by atoms with van der Waals surface area (Å²) < 4.78 is 10.9. The van der Waals surface area contributed by atoms with Crippen molar-refractivity contribution in [3.8, 4) is 5.75 Å². The van der Waals surface area contributed by atoms with Crippen LogP contribution < -0.4 is 4.74 Å². The molecule has 0 aliphatic carbocycles. The van der Waals surface area contributed by atoms with Crippen LogP contribution >= 0.6 is 11.3 Å². The molecule has 2 amide bonds. The molecule has 2 heterocycles. The Kier molecular flexibility index (Phi) is 7.78. The van der Waals surface area contributed by atoms with Crippen LogP contribution in [0.3, 0.4) is 0 Å². The largest absolute Gasteiger partial charge is 0.488 e. The number of carbonyl (C=O) groups excluding carboxylic acids is 2. The molecule has 31 heavy (non-hydrogen) atoms. The summed E-state index contributed by atoms with van der Waals surface area (Å²) in [6.45, 7) is 6.01. The standard InChI is InChI=1S/C24H26N2O4S/c1-4-6-20-11-12-21(31-20)16-29-19-9-7-18(8-10-19)22(23-13-14-30-25-23)15-24(28)26(5-2)17(3)27/h4,6-14,22H,5,15-16H2,1-3H3/b6-4+. The van der Waals surface area contributed by atoms with Crippen molar-refractivity contribution < 1.29 is 18.8 Å². The second kappa shape index (κ2) is 10.7. The minimum absolute atomic E-state index is 0.128. The van der Waals surface area contributed by atoms with E-state index in [1.807, 2.05) is 37.3 Å². The Morgan fingerprint density at radius 1 is 1.19 bits per heavy atom. The average molecular weight is 439 g/mol. The number of benzene rings is 1. The first-order valence-corrected chi connectivity index (χ1v) is 11.0. The number of ether oxygens (including phenoxy) is 1. The maximum absolute atomic E-state index is 12.7. The molecule has 3 rings (SSSR count). The lowest BCUT2D eigenvalue weighted by Gasteiger charge is -2.21. The van der Waals surface area contributed by atoms with E-state index < -0.39 is 0 Å². The van der Waals surface area contributed by atoms with E-state index in [2.05, 4.69) is 23.4 Å². The predicted octanol–water partition coefficient (Wildman–Crippen LogP) is 5.27. The second-order valence-corrected chi connectivity index (χ2v) is 8.20. The van der Waals surface area contributed by atoms with Crippen molar-refractivity contribution in [2.45, 2.75) is 39.7 Å². The molecule has 6 nitrogen and oxygen atoms in total. The second-order valence-electron chi connectivity index (χ2n) is 7.00. The Hall–Kier alpha value is -3.19. The molecule has 0 N–H and O–H groups in total. The summed E-state index contributed by atoms with van der Waals surface area (Å²) in [5, 5.41) is 4.03. The van der Waals surface area contributed by atoms with Crippen LogP contribution in [0.4, 0.5) is 0 Å². The van der Waals surface area contributed by atoms with E-state index in [0.29, 0.717) is 18.8 Å². The van der Waals surface area contributed by atoms with Gasteiger partial charge in [0.15, 0.2) is 0 Å². The van der Waals surface area contributed by atoms with Gasteiger partial charge in [0.25, 0.3) is 0 Å². The van der Waals surface area contributed by atoms with Crippen molar-refractivity contribution >= 4 is 29.2 Å². The molecule has 162 valence electrons. The highest BCUT2D eigenvalue weighted by Crippen LogP contribution is 2.29. The van der Waals surface area contributed by atoms with Gasteiger partial charge in [-0.2, -0.15) is 0 Å². The Balaban J connectivity index is 1.71. The molecule has 0 spiro atoms. The van der Waals surface area contributed by atoms with Gasteiger partial charge in [0.2, 0.25) is 11.8 Å². The van der Waals surface area contributed by atoms with Crippen LogP contribution in [0.15, 0.2) is 59.3 Å². The minimum Gasteiger partial charge on any atom is -0.488 e. The van der Waals surface area contributed by atoms with Gasteiger partial charge in [0.05, 0.1) is 5.69 Å². The van der Waals surface area contributed by atoms with E-state index in [0.717, 1.165) is 16.2 Å². The number of rotatable bonds is 9. The highest BCUT2D eigenvalue weighted by molar-refractivity contribution is 7.12. The molecule has 7 heteroatoms. The summed E-state index contributed by atoms with van der Waals surface area (Å²) in [5.41, 5.74) is 1.55. The van der Waals surface area contributed by atoms with Crippen LogP contribution in [0.5, 0.6) is 5.75 Å². The number of hydrogen-bond donors (Lipinski definition) is 0. The van der Waals surface area contributed by atoms with Crippen molar-refractivity contribution in [1.29, 1.82) is 0 Å². The topological polar surface area (TPSA) is 72.6 Å². The summed E-state index contributed by atoms with van der Waals surface area (Å²) in [6, 6.07) is 13.5. The number of nitrogens with zero attached hydrogens (tertiary/aromatic N) is 2. The van der Waals surface area contributed by atoms with Crippen LogP contribution in [0.1, 0.15) is 54.1 Å². The molecule has 3 aromatic rings. The summed E-state index contributed by atoms with van der Waals surface area (Å²) in [6.07, 6.45) is 5.69. The molecule has 0 aliphatic rings. The van der Waals surface area contributed by atoms with Crippen molar-refractivity contribution in [2.24, 2.45) is 0 Å². The van der Waals surface area contributed by atoms with E-state index in [9.17, 15) is 9.59 Å². The van der Waals surface area contributed by atoms with Gasteiger partial charge in [-0.15, -0.1) is 11.3 Å². The van der Waals surface area contributed by atoms with E-state index >= 15 is 0 Å². The lowest BCUT2D eigenvalue weighted by Crippen LogP contribution is -2.35. The number of imide groups is 1. The van der Waals surface area contributed by atoms with Crippen molar-refractivity contribution in [3.63, 3.8) is 0 Å². The van der Waals surface area contributed by atoms with Crippen LogP contribution in [-0.4, -0.2) is 28.4 Å². The van der Waals surface area contributed by atoms with E-state index in [-0.39, 0.29) is 24.2 Å². The molecule has 0 bridgehead atoms. The molecular formula is C24H26N2O4S. The Bertz CT molecular complexity index is 1020. The summed E-state index contributed by atoms with van der Waals surface area (Å²) in [7, 11) is 0. The first kappa shape index (κ1) is 22.5. The lowest BCUT2D eigenvalue weighted by molar-refractivity contribution is -0.143. The molecule has 0 fully saturated rings. The molecule has 1 unspecified atom stereocenters. The van der Waals surface area contributed by atoms with Crippen LogP contribution in [0.2, 0.25) is 0 Å². The van der Waals surface area contributed by atoms with Gasteiger partial charge in [0.1, 0.15) is 18.6 Å². The highest BCUT2D eigenvalue weighted by atomic mass is 32.1. The van der Waals surface area contributed by atoms with Gasteiger partial charge in [0, 0.05) is 41.6 Å². The van der Waals surface area contributed by atoms with E-state index in [1.54, 1.807) is 24.3 Å². The zero-order chi connectivity index (χ0) is 22.2. The summed E-state index contributed by atoms with van der Waals surface area (Å²) in [5.74, 6) is -0.0671. The fourth-order valence-electron chi connectivity index (χ4n) is 3.33. The van der Waals surface area contributed by atoms with Gasteiger partial charge in [-0.1, -0.05) is 23.4 Å². The Labute approximate surface area is 186 Å².